The molecule has 1 N–H and O–H groups in total. The van der Waals surface area contributed by atoms with Gasteiger partial charge in [0.15, 0.2) is 0 Å². The number of unbranched alkanes of at least 4 members (excludes halogenated alkanes) is 1. The molecule has 0 radical (unpaired) electrons. The fourth-order valence-electron chi connectivity index (χ4n) is 2.38. The van der Waals surface area contributed by atoms with Crippen molar-refractivity contribution in [3.63, 3.8) is 0 Å². The van der Waals surface area contributed by atoms with Crippen molar-refractivity contribution in [2.75, 3.05) is 27.2 Å². The van der Waals surface area contributed by atoms with E-state index in [2.05, 4.69) is 65.7 Å². The van der Waals surface area contributed by atoms with E-state index in [1.807, 2.05) is 18.3 Å². The Balaban J connectivity index is 1.97. The summed E-state index contributed by atoms with van der Waals surface area (Å²) in [5.41, 5.74) is 2.35. The van der Waals surface area contributed by atoms with Gasteiger partial charge in [-0.3, -0.25) is 4.98 Å². The van der Waals surface area contributed by atoms with Crippen LogP contribution in [0, 0.1) is 0 Å². The minimum absolute atomic E-state index is 0.173. The molecule has 2 rings (SSSR count). The molecule has 2 aromatic rings. The summed E-state index contributed by atoms with van der Waals surface area (Å²) in [5, 5.41) is 3.65. The minimum Gasteiger partial charge on any atom is -0.309 e. The Bertz CT molecular complexity index is 457. The van der Waals surface area contributed by atoms with E-state index in [9.17, 15) is 0 Å². The lowest BCUT2D eigenvalue weighted by Gasteiger charge is -2.19. The predicted octanol–water partition coefficient (Wildman–Crippen LogP) is 3.10. The predicted molar refractivity (Wildman–Crippen MR) is 88.3 cm³/mol. The van der Waals surface area contributed by atoms with Crippen molar-refractivity contribution in [2.45, 2.75) is 18.9 Å². The lowest BCUT2D eigenvalue weighted by Crippen LogP contribution is -2.25. The molecule has 0 saturated carbocycles. The maximum absolute atomic E-state index is 4.51. The molecule has 0 aliphatic carbocycles. The summed E-state index contributed by atoms with van der Waals surface area (Å²) in [6, 6.07) is 16.8. The van der Waals surface area contributed by atoms with E-state index in [0.29, 0.717) is 0 Å². The van der Waals surface area contributed by atoms with Gasteiger partial charge in [-0.15, -0.1) is 0 Å². The van der Waals surface area contributed by atoms with Gasteiger partial charge in [-0.2, -0.15) is 0 Å². The summed E-state index contributed by atoms with van der Waals surface area (Å²) >= 11 is 0. The summed E-state index contributed by atoms with van der Waals surface area (Å²) in [6.45, 7) is 2.14. The van der Waals surface area contributed by atoms with Gasteiger partial charge in [0.2, 0.25) is 0 Å². The van der Waals surface area contributed by atoms with E-state index < -0.39 is 0 Å². The smallest absolute Gasteiger partial charge is 0.0751 e. The fraction of sp³-hybridized carbons (Fsp3) is 0.389. The van der Waals surface area contributed by atoms with Gasteiger partial charge >= 0.3 is 0 Å². The summed E-state index contributed by atoms with van der Waals surface area (Å²) < 4.78 is 0. The summed E-state index contributed by atoms with van der Waals surface area (Å²) in [7, 11) is 4.24. The molecule has 3 heteroatoms. The number of hydrogen-bond donors (Lipinski definition) is 1. The topological polar surface area (TPSA) is 28.2 Å². The van der Waals surface area contributed by atoms with Crippen molar-refractivity contribution in [3.05, 3.63) is 66.0 Å². The van der Waals surface area contributed by atoms with Gasteiger partial charge in [0, 0.05) is 6.20 Å². The molecule has 0 aliphatic heterocycles. The van der Waals surface area contributed by atoms with Crippen LogP contribution < -0.4 is 5.32 Å². The van der Waals surface area contributed by atoms with Gasteiger partial charge in [-0.25, -0.2) is 0 Å². The molecule has 21 heavy (non-hydrogen) atoms. The maximum atomic E-state index is 4.51. The lowest BCUT2D eigenvalue weighted by molar-refractivity contribution is 0.390. The zero-order chi connectivity index (χ0) is 14.9. The molecule has 1 atom stereocenters. The third kappa shape index (κ3) is 5.29. The first-order valence-corrected chi connectivity index (χ1v) is 7.61. The quantitative estimate of drug-likeness (QED) is 0.755. The van der Waals surface area contributed by atoms with E-state index >= 15 is 0 Å². The van der Waals surface area contributed by atoms with Crippen LogP contribution in [0.1, 0.15) is 30.1 Å². The standard InChI is InChI=1S/C18H25N3/c1-21(2)15-9-8-14-20-18(16-10-4-3-5-11-16)17-12-6-7-13-19-17/h3-7,10-13,18,20H,8-9,14-15H2,1-2H3. The Hall–Kier alpha value is -1.71. The number of benzene rings is 1. The van der Waals surface area contributed by atoms with Crippen molar-refractivity contribution in [1.82, 2.24) is 15.2 Å². The van der Waals surface area contributed by atoms with Gasteiger partial charge in [0.25, 0.3) is 0 Å². The number of hydrogen-bond acceptors (Lipinski definition) is 3. The molecule has 112 valence electrons. The van der Waals surface area contributed by atoms with E-state index in [0.717, 1.165) is 18.8 Å². The number of aromatic nitrogens is 1. The normalized spacial score (nSPS) is 12.5. The molecule has 0 bridgehead atoms. The first-order valence-electron chi connectivity index (χ1n) is 7.61. The Labute approximate surface area is 128 Å². The first-order chi connectivity index (χ1) is 10.3. The van der Waals surface area contributed by atoms with E-state index in [-0.39, 0.29) is 6.04 Å². The average molecular weight is 283 g/mol. The van der Waals surface area contributed by atoms with Crippen LogP contribution in [-0.4, -0.2) is 37.1 Å². The first kappa shape index (κ1) is 15.7. The van der Waals surface area contributed by atoms with Crippen LogP contribution in [-0.2, 0) is 0 Å². The molecule has 0 fully saturated rings. The molecule has 1 heterocycles. The lowest BCUT2D eigenvalue weighted by atomic mass is 10.0. The van der Waals surface area contributed by atoms with E-state index in [4.69, 9.17) is 0 Å². The number of nitrogens with one attached hydrogen (secondary N) is 1. The monoisotopic (exact) mass is 283 g/mol. The fourth-order valence-corrected chi connectivity index (χ4v) is 2.38. The van der Waals surface area contributed by atoms with Crippen LogP contribution in [0.2, 0.25) is 0 Å². The van der Waals surface area contributed by atoms with Crippen molar-refractivity contribution >= 4 is 0 Å². The second-order valence-electron chi connectivity index (χ2n) is 5.56. The summed E-state index contributed by atoms with van der Waals surface area (Å²) in [4.78, 5) is 6.74. The average Bonchev–Trinajstić information content (AvgIpc) is 2.52. The highest BCUT2D eigenvalue weighted by atomic mass is 15.0. The van der Waals surface area contributed by atoms with Gasteiger partial charge in [0.1, 0.15) is 0 Å². The van der Waals surface area contributed by atoms with Gasteiger partial charge < -0.3 is 10.2 Å². The van der Waals surface area contributed by atoms with Crippen molar-refractivity contribution < 1.29 is 0 Å². The number of nitrogens with zero attached hydrogens (tertiary/aromatic N) is 2. The highest BCUT2D eigenvalue weighted by Crippen LogP contribution is 2.19. The molecule has 1 aromatic carbocycles. The summed E-state index contributed by atoms with van der Waals surface area (Å²) in [6.07, 6.45) is 4.25. The number of pyridine rings is 1. The van der Waals surface area contributed by atoms with Crippen molar-refractivity contribution in [1.29, 1.82) is 0 Å². The SMILES string of the molecule is CN(C)CCCCNC(c1ccccc1)c1ccccn1. The third-order valence-corrected chi connectivity index (χ3v) is 3.50. The molecule has 3 nitrogen and oxygen atoms in total. The minimum atomic E-state index is 0.173. The van der Waals surface area contributed by atoms with Crippen LogP contribution >= 0.6 is 0 Å². The zero-order valence-corrected chi connectivity index (χ0v) is 13.0. The second kappa shape index (κ2) is 8.55. The molecule has 1 aromatic heterocycles. The van der Waals surface area contributed by atoms with E-state index in [1.54, 1.807) is 0 Å². The molecule has 0 aliphatic rings. The van der Waals surface area contributed by atoms with Crippen LogP contribution in [0.5, 0.6) is 0 Å². The third-order valence-electron chi connectivity index (χ3n) is 3.50. The van der Waals surface area contributed by atoms with Gasteiger partial charge in [-0.1, -0.05) is 36.4 Å². The Morgan fingerprint density at radius 2 is 1.76 bits per heavy atom. The highest BCUT2D eigenvalue weighted by molar-refractivity contribution is 5.27. The zero-order valence-electron chi connectivity index (χ0n) is 13.0. The molecule has 1 unspecified atom stereocenters. The van der Waals surface area contributed by atoms with Crippen LogP contribution in [0.25, 0.3) is 0 Å². The Morgan fingerprint density at radius 3 is 2.43 bits per heavy atom. The molecule has 0 spiro atoms. The Kier molecular flexibility index (Phi) is 6.38. The van der Waals surface area contributed by atoms with Crippen molar-refractivity contribution in [2.24, 2.45) is 0 Å². The maximum Gasteiger partial charge on any atom is 0.0751 e. The van der Waals surface area contributed by atoms with Crippen LogP contribution in [0.4, 0.5) is 0 Å². The largest absolute Gasteiger partial charge is 0.309 e. The van der Waals surface area contributed by atoms with Gasteiger partial charge in [-0.05, 0) is 57.7 Å². The highest BCUT2D eigenvalue weighted by Gasteiger charge is 2.13. The second-order valence-corrected chi connectivity index (χ2v) is 5.56. The molecular weight excluding hydrogens is 258 g/mol. The molecular formula is C18H25N3. The Morgan fingerprint density at radius 1 is 1.00 bits per heavy atom. The summed E-state index contributed by atoms with van der Waals surface area (Å²) in [5.74, 6) is 0. The van der Waals surface area contributed by atoms with Crippen LogP contribution in [0.15, 0.2) is 54.7 Å². The van der Waals surface area contributed by atoms with Gasteiger partial charge in [0.05, 0.1) is 11.7 Å². The van der Waals surface area contributed by atoms with Crippen molar-refractivity contribution in [3.8, 4) is 0 Å². The number of rotatable bonds is 8. The molecule has 0 amide bonds. The van der Waals surface area contributed by atoms with Crippen LogP contribution in [0.3, 0.4) is 0 Å². The molecule has 0 saturated heterocycles. The van der Waals surface area contributed by atoms with E-state index in [1.165, 1.54) is 18.4 Å².